The van der Waals surface area contributed by atoms with Crippen molar-refractivity contribution in [3.8, 4) is 23.1 Å². The van der Waals surface area contributed by atoms with Crippen LogP contribution in [0.5, 0.6) is 11.5 Å². The average Bonchev–Trinajstić information content (AvgIpc) is 3.41. The molecule has 7 nitrogen and oxygen atoms in total. The van der Waals surface area contributed by atoms with Gasteiger partial charge in [0.15, 0.2) is 5.76 Å². The van der Waals surface area contributed by atoms with Crippen molar-refractivity contribution < 1.29 is 13.9 Å². The van der Waals surface area contributed by atoms with E-state index in [-0.39, 0.29) is 11.4 Å². The van der Waals surface area contributed by atoms with Crippen molar-refractivity contribution >= 4 is 39.7 Å². The van der Waals surface area contributed by atoms with E-state index >= 15 is 0 Å². The zero-order chi connectivity index (χ0) is 27.6. The third-order valence-electron chi connectivity index (χ3n) is 6.51. The second kappa shape index (κ2) is 10.7. The summed E-state index contributed by atoms with van der Waals surface area (Å²) in [6.45, 7) is 2.44. The largest absolute Gasteiger partial charge is 0.496 e. The van der Waals surface area contributed by atoms with Crippen LogP contribution in [0.4, 0.5) is 0 Å². The van der Waals surface area contributed by atoms with Crippen molar-refractivity contribution in [2.75, 3.05) is 7.11 Å². The first-order valence-corrected chi connectivity index (χ1v) is 13.0. The van der Waals surface area contributed by atoms with Gasteiger partial charge in [0.25, 0.3) is 5.56 Å². The summed E-state index contributed by atoms with van der Waals surface area (Å²) in [5.41, 5.74) is 3.75. The zero-order valence-corrected chi connectivity index (χ0v) is 22.6. The molecule has 0 N–H and O–H groups in total. The van der Waals surface area contributed by atoms with Crippen molar-refractivity contribution in [3.63, 3.8) is 0 Å². The maximum atomic E-state index is 13.5. The Balaban J connectivity index is 1.36. The predicted octanol–water partition coefficient (Wildman–Crippen LogP) is 7.24. The molecule has 0 atom stereocenters. The summed E-state index contributed by atoms with van der Waals surface area (Å²) in [6.07, 6.45) is 1.56. The van der Waals surface area contributed by atoms with Crippen LogP contribution in [0.15, 0.2) is 105 Å². The van der Waals surface area contributed by atoms with Gasteiger partial charge in [-0.25, -0.2) is 4.98 Å². The maximum Gasteiger partial charge on any atom is 0.282 e. The number of benzene rings is 4. The van der Waals surface area contributed by atoms with Crippen LogP contribution in [-0.2, 0) is 6.61 Å². The maximum absolute atomic E-state index is 13.5. The zero-order valence-electron chi connectivity index (χ0n) is 21.8. The average molecular weight is 550 g/mol. The Labute approximate surface area is 234 Å². The Morgan fingerprint density at radius 1 is 0.950 bits per heavy atom. The lowest BCUT2D eigenvalue weighted by Crippen LogP contribution is -2.20. The molecule has 2 aromatic heterocycles. The molecule has 0 bridgehead atoms. The van der Waals surface area contributed by atoms with E-state index in [1.807, 2.05) is 61.5 Å². The van der Waals surface area contributed by atoms with E-state index < -0.39 is 0 Å². The Bertz CT molecular complexity index is 1940. The minimum Gasteiger partial charge on any atom is -0.496 e. The van der Waals surface area contributed by atoms with Crippen LogP contribution in [0.3, 0.4) is 0 Å². The van der Waals surface area contributed by atoms with Crippen molar-refractivity contribution in [2.45, 2.75) is 13.5 Å². The summed E-state index contributed by atoms with van der Waals surface area (Å²) in [5, 5.41) is 6.16. The normalized spacial score (nSPS) is 11.5. The van der Waals surface area contributed by atoms with Crippen LogP contribution in [0, 0.1) is 6.92 Å². The van der Waals surface area contributed by atoms with Crippen LogP contribution in [0.2, 0.25) is 5.02 Å². The molecule has 6 aromatic rings. The number of ether oxygens (including phenoxy) is 2. The summed E-state index contributed by atoms with van der Waals surface area (Å²) in [4.78, 5) is 18.3. The number of rotatable bonds is 7. The number of aryl methyl sites for hydroxylation is 1. The molecule has 8 heteroatoms. The van der Waals surface area contributed by atoms with Crippen LogP contribution in [0.25, 0.3) is 33.5 Å². The van der Waals surface area contributed by atoms with Gasteiger partial charge in [0.2, 0.25) is 5.82 Å². The predicted molar refractivity (Wildman–Crippen MR) is 158 cm³/mol. The molecule has 0 amide bonds. The molecule has 4 aromatic carbocycles. The molecule has 0 unspecified atom stereocenters. The molecule has 0 radical (unpaired) electrons. The molecule has 0 saturated heterocycles. The standard InChI is InChI=1S/C32H24ClN3O4/c1-20-10-12-21(13-11-20)19-39-29-15-14-22(16-25(29)33)18-34-36-31(35-26-7-4-3-6-23(26)32(36)37)30-17-24-27(38-2)8-5-9-28(24)40-30/h3-18H,19H2,1-2H3. The third kappa shape index (κ3) is 4.95. The quantitative estimate of drug-likeness (QED) is 0.196. The van der Waals surface area contributed by atoms with Gasteiger partial charge in [0.1, 0.15) is 23.7 Å². The summed E-state index contributed by atoms with van der Waals surface area (Å²) in [7, 11) is 1.60. The van der Waals surface area contributed by atoms with Crippen LogP contribution in [-0.4, -0.2) is 23.0 Å². The Morgan fingerprint density at radius 2 is 1.77 bits per heavy atom. The van der Waals surface area contributed by atoms with E-state index in [1.165, 1.54) is 10.2 Å². The van der Waals surface area contributed by atoms with E-state index in [1.54, 1.807) is 49.7 Å². The molecule has 0 saturated carbocycles. The van der Waals surface area contributed by atoms with E-state index in [0.29, 0.717) is 50.9 Å². The van der Waals surface area contributed by atoms with Crippen LogP contribution >= 0.6 is 11.6 Å². The van der Waals surface area contributed by atoms with E-state index in [0.717, 1.165) is 10.9 Å². The summed E-state index contributed by atoms with van der Waals surface area (Å²) in [6, 6.07) is 27.9. The summed E-state index contributed by atoms with van der Waals surface area (Å²) >= 11 is 6.52. The number of hydrogen-bond donors (Lipinski definition) is 0. The number of aromatic nitrogens is 2. The highest BCUT2D eigenvalue weighted by Gasteiger charge is 2.18. The highest BCUT2D eigenvalue weighted by atomic mass is 35.5. The first kappa shape index (κ1) is 25.4. The molecule has 40 heavy (non-hydrogen) atoms. The molecule has 198 valence electrons. The third-order valence-corrected chi connectivity index (χ3v) is 6.80. The minimum atomic E-state index is -0.326. The Hall–Kier alpha value is -4.88. The fraction of sp³-hybridized carbons (Fsp3) is 0.0938. The van der Waals surface area contributed by atoms with Gasteiger partial charge in [-0.3, -0.25) is 4.79 Å². The van der Waals surface area contributed by atoms with Crippen LogP contribution < -0.4 is 15.0 Å². The lowest BCUT2D eigenvalue weighted by atomic mass is 10.2. The van der Waals surface area contributed by atoms with Gasteiger partial charge in [0, 0.05) is 0 Å². The van der Waals surface area contributed by atoms with Gasteiger partial charge in [-0.05, 0) is 66.6 Å². The summed E-state index contributed by atoms with van der Waals surface area (Å²) in [5.74, 6) is 1.87. The van der Waals surface area contributed by atoms with Crippen molar-refractivity contribution in [2.24, 2.45) is 5.10 Å². The number of halogens is 1. The number of fused-ring (bicyclic) bond motifs is 2. The lowest BCUT2D eigenvalue weighted by Gasteiger charge is -2.09. The van der Waals surface area contributed by atoms with Gasteiger partial charge in [0.05, 0.1) is 34.6 Å². The van der Waals surface area contributed by atoms with E-state index in [4.69, 9.17) is 30.5 Å². The molecule has 0 aliphatic heterocycles. The van der Waals surface area contributed by atoms with Crippen molar-refractivity contribution in [1.82, 2.24) is 9.66 Å². The number of hydrogen-bond acceptors (Lipinski definition) is 6. The van der Waals surface area contributed by atoms with Gasteiger partial charge >= 0.3 is 0 Å². The first-order chi connectivity index (χ1) is 19.5. The highest BCUT2D eigenvalue weighted by molar-refractivity contribution is 6.32. The highest BCUT2D eigenvalue weighted by Crippen LogP contribution is 2.33. The SMILES string of the molecule is COc1cccc2oc(-c3nc4ccccc4c(=O)n3N=Cc3ccc(OCc4ccc(C)cc4)c(Cl)c3)cc12. The lowest BCUT2D eigenvalue weighted by molar-refractivity contribution is 0.306. The molecule has 0 spiro atoms. The number of nitrogens with zero attached hydrogens (tertiary/aromatic N) is 3. The molecular formula is C32H24ClN3O4. The number of methoxy groups -OCH3 is 1. The molecule has 0 aliphatic rings. The van der Waals surface area contributed by atoms with Gasteiger partial charge in [-0.2, -0.15) is 9.78 Å². The van der Waals surface area contributed by atoms with Crippen LogP contribution in [0.1, 0.15) is 16.7 Å². The molecule has 0 fully saturated rings. The van der Waals surface area contributed by atoms with Crippen molar-refractivity contribution in [1.29, 1.82) is 0 Å². The fourth-order valence-corrected chi connectivity index (χ4v) is 4.64. The van der Waals surface area contributed by atoms with Gasteiger partial charge in [-0.1, -0.05) is 59.6 Å². The molecular weight excluding hydrogens is 526 g/mol. The smallest absolute Gasteiger partial charge is 0.282 e. The second-order valence-corrected chi connectivity index (χ2v) is 9.67. The first-order valence-electron chi connectivity index (χ1n) is 12.6. The summed E-state index contributed by atoms with van der Waals surface area (Å²) < 4.78 is 18.7. The van der Waals surface area contributed by atoms with Crippen molar-refractivity contribution in [3.05, 3.63) is 123 Å². The van der Waals surface area contributed by atoms with E-state index in [2.05, 4.69) is 5.10 Å². The number of furan rings is 1. The van der Waals surface area contributed by atoms with Gasteiger partial charge < -0.3 is 13.9 Å². The Morgan fingerprint density at radius 3 is 2.58 bits per heavy atom. The number of para-hydroxylation sites is 1. The Kier molecular flexibility index (Phi) is 6.80. The fourth-order valence-electron chi connectivity index (χ4n) is 4.40. The van der Waals surface area contributed by atoms with Gasteiger partial charge in [-0.15, -0.1) is 0 Å². The molecule has 0 aliphatic carbocycles. The van der Waals surface area contributed by atoms with E-state index in [9.17, 15) is 4.79 Å². The minimum absolute atomic E-state index is 0.266. The second-order valence-electron chi connectivity index (χ2n) is 9.26. The monoisotopic (exact) mass is 549 g/mol. The topological polar surface area (TPSA) is 78.9 Å². The molecule has 6 rings (SSSR count). The molecule has 2 heterocycles.